The Morgan fingerprint density at radius 3 is 2.79 bits per heavy atom. The highest BCUT2D eigenvalue weighted by Gasteiger charge is 2.52. The summed E-state index contributed by atoms with van der Waals surface area (Å²) >= 11 is 0. The molecule has 1 radical (unpaired) electrons. The van der Waals surface area contributed by atoms with E-state index in [1.165, 1.54) is 5.56 Å². The molecule has 0 aromatic heterocycles. The lowest BCUT2D eigenvalue weighted by atomic mass is 9.87. The minimum atomic E-state index is -0.418. The van der Waals surface area contributed by atoms with E-state index < -0.39 is 5.54 Å². The topological polar surface area (TPSA) is 46.3 Å². The van der Waals surface area contributed by atoms with E-state index in [0.717, 1.165) is 32.2 Å². The van der Waals surface area contributed by atoms with Crippen molar-refractivity contribution in [3.63, 3.8) is 0 Å². The van der Waals surface area contributed by atoms with Gasteiger partial charge in [-0.05, 0) is 37.7 Å². The summed E-state index contributed by atoms with van der Waals surface area (Å²) in [4.78, 5) is 14.2. The number of benzene rings is 1. The smallest absolute Gasteiger partial charge is 0.237 e. The van der Waals surface area contributed by atoms with Crippen LogP contribution in [0.1, 0.15) is 31.2 Å². The van der Waals surface area contributed by atoms with Crippen LogP contribution in [0.5, 0.6) is 0 Å². The molecule has 2 bridgehead atoms. The van der Waals surface area contributed by atoms with Crippen LogP contribution in [-0.4, -0.2) is 22.4 Å². The van der Waals surface area contributed by atoms with Gasteiger partial charge in [0.2, 0.25) is 5.91 Å². The SMILES string of the molecule is Cl.NC(=O)C12C[CH]CC(CC1)N2Cc1ccccc1. The van der Waals surface area contributed by atoms with E-state index in [1.807, 2.05) is 18.2 Å². The fourth-order valence-electron chi connectivity index (χ4n) is 3.46. The maximum absolute atomic E-state index is 11.9. The fraction of sp³-hybridized carbons (Fsp3) is 0.467. The van der Waals surface area contributed by atoms with Gasteiger partial charge >= 0.3 is 0 Å². The first kappa shape index (κ1) is 14.4. The van der Waals surface area contributed by atoms with Crippen LogP contribution in [0.15, 0.2) is 30.3 Å². The molecular weight excluding hydrogens is 260 g/mol. The predicted octanol–water partition coefficient (Wildman–Crippen LogP) is 2.29. The van der Waals surface area contributed by atoms with Crippen molar-refractivity contribution in [2.24, 2.45) is 5.73 Å². The fourth-order valence-corrected chi connectivity index (χ4v) is 3.46. The van der Waals surface area contributed by atoms with Crippen molar-refractivity contribution in [3.05, 3.63) is 42.3 Å². The Labute approximate surface area is 120 Å². The summed E-state index contributed by atoms with van der Waals surface area (Å²) in [5, 5.41) is 0. The Kier molecular flexibility index (Phi) is 4.16. The quantitative estimate of drug-likeness (QED) is 0.923. The highest BCUT2D eigenvalue weighted by molar-refractivity contribution is 5.85. The zero-order valence-electron chi connectivity index (χ0n) is 10.9. The standard InChI is InChI=1S/C15H19N2O.ClH/c16-14(18)15-9-4-7-13(8-10-15)17(15)11-12-5-2-1-3-6-12;/h1-6,13H,7-11H2,(H2,16,18);1H. The molecule has 0 saturated carbocycles. The van der Waals surface area contributed by atoms with Crippen LogP contribution in [0.25, 0.3) is 0 Å². The first-order valence-electron chi connectivity index (χ1n) is 6.65. The number of halogens is 1. The van der Waals surface area contributed by atoms with Gasteiger partial charge < -0.3 is 5.73 Å². The van der Waals surface area contributed by atoms with Crippen molar-refractivity contribution in [2.75, 3.05) is 0 Å². The first-order valence-corrected chi connectivity index (χ1v) is 6.65. The molecule has 2 saturated heterocycles. The molecule has 1 aromatic rings. The highest BCUT2D eigenvalue weighted by atomic mass is 35.5. The maximum atomic E-state index is 11.9. The Morgan fingerprint density at radius 2 is 2.11 bits per heavy atom. The van der Waals surface area contributed by atoms with Crippen LogP contribution in [-0.2, 0) is 11.3 Å². The van der Waals surface area contributed by atoms with Crippen molar-refractivity contribution in [1.82, 2.24) is 4.90 Å². The van der Waals surface area contributed by atoms with Crippen LogP contribution in [0.2, 0.25) is 0 Å². The lowest BCUT2D eigenvalue weighted by molar-refractivity contribution is -0.131. The molecule has 2 heterocycles. The molecule has 2 aliphatic rings. The van der Waals surface area contributed by atoms with Gasteiger partial charge in [0.25, 0.3) is 0 Å². The van der Waals surface area contributed by atoms with Crippen molar-refractivity contribution in [1.29, 1.82) is 0 Å². The molecule has 3 nitrogen and oxygen atoms in total. The van der Waals surface area contributed by atoms with Crippen molar-refractivity contribution >= 4 is 18.3 Å². The highest BCUT2D eigenvalue weighted by Crippen LogP contribution is 2.44. The van der Waals surface area contributed by atoms with Gasteiger partial charge in [-0.1, -0.05) is 30.3 Å². The van der Waals surface area contributed by atoms with Crippen molar-refractivity contribution < 1.29 is 4.79 Å². The summed E-state index contributed by atoms with van der Waals surface area (Å²) in [6, 6.07) is 10.8. The maximum Gasteiger partial charge on any atom is 0.237 e. The number of hydrogen-bond acceptors (Lipinski definition) is 2. The van der Waals surface area contributed by atoms with Crippen LogP contribution in [0.4, 0.5) is 0 Å². The molecule has 0 aliphatic carbocycles. The number of fused-ring (bicyclic) bond motifs is 2. The largest absolute Gasteiger partial charge is 0.368 e. The van der Waals surface area contributed by atoms with Crippen molar-refractivity contribution in [3.8, 4) is 0 Å². The molecule has 103 valence electrons. The third kappa shape index (κ3) is 2.37. The van der Waals surface area contributed by atoms with Gasteiger partial charge in [-0.2, -0.15) is 0 Å². The molecule has 0 spiro atoms. The van der Waals surface area contributed by atoms with Gasteiger partial charge in [-0.15, -0.1) is 12.4 Å². The Balaban J connectivity index is 0.00000133. The molecule has 1 amide bonds. The second-order valence-corrected chi connectivity index (χ2v) is 5.43. The molecule has 2 aliphatic heterocycles. The molecule has 2 unspecified atom stereocenters. The monoisotopic (exact) mass is 279 g/mol. The number of carbonyl (C=O) groups excluding carboxylic acids is 1. The van der Waals surface area contributed by atoms with E-state index in [4.69, 9.17) is 5.73 Å². The Morgan fingerprint density at radius 1 is 1.37 bits per heavy atom. The number of piperidine rings is 1. The Bertz CT molecular complexity index is 447. The van der Waals surface area contributed by atoms with E-state index in [2.05, 4.69) is 23.5 Å². The van der Waals surface area contributed by atoms with E-state index in [1.54, 1.807) is 0 Å². The zero-order chi connectivity index (χ0) is 12.6. The number of hydrogen-bond donors (Lipinski definition) is 1. The average molecular weight is 280 g/mol. The molecule has 19 heavy (non-hydrogen) atoms. The summed E-state index contributed by atoms with van der Waals surface area (Å²) in [7, 11) is 0. The minimum absolute atomic E-state index is 0. The lowest BCUT2D eigenvalue weighted by Crippen LogP contribution is -2.57. The normalized spacial score (nSPS) is 29.8. The van der Waals surface area contributed by atoms with Gasteiger partial charge in [0.05, 0.1) is 0 Å². The molecule has 2 fully saturated rings. The van der Waals surface area contributed by atoms with Crippen LogP contribution >= 0.6 is 12.4 Å². The second kappa shape index (κ2) is 5.51. The van der Waals surface area contributed by atoms with E-state index >= 15 is 0 Å². The summed E-state index contributed by atoms with van der Waals surface area (Å²) in [5.74, 6) is -0.156. The first-order chi connectivity index (χ1) is 8.72. The van der Waals surface area contributed by atoms with Gasteiger partial charge in [-0.3, -0.25) is 9.69 Å². The third-order valence-electron chi connectivity index (χ3n) is 4.46. The number of nitrogens with two attached hydrogens (primary N) is 1. The number of carbonyl (C=O) groups is 1. The van der Waals surface area contributed by atoms with Crippen LogP contribution < -0.4 is 5.73 Å². The molecule has 4 heteroatoms. The van der Waals surface area contributed by atoms with Gasteiger partial charge in [0.1, 0.15) is 5.54 Å². The summed E-state index contributed by atoms with van der Waals surface area (Å²) in [6.45, 7) is 0.836. The van der Waals surface area contributed by atoms with Crippen LogP contribution in [0, 0.1) is 6.42 Å². The molecular formula is C15H20ClN2O. The average Bonchev–Trinajstić information content (AvgIpc) is 2.60. The predicted molar refractivity (Wildman–Crippen MR) is 77.7 cm³/mol. The second-order valence-electron chi connectivity index (χ2n) is 5.43. The lowest BCUT2D eigenvalue weighted by Gasteiger charge is -2.42. The molecule has 3 rings (SSSR count). The van der Waals surface area contributed by atoms with E-state index in [9.17, 15) is 4.79 Å². The number of nitrogens with zero attached hydrogens (tertiary/aromatic N) is 1. The molecule has 2 atom stereocenters. The van der Waals surface area contributed by atoms with Gasteiger partial charge in [0.15, 0.2) is 0 Å². The molecule has 1 aromatic carbocycles. The Hall–Kier alpha value is -1.06. The third-order valence-corrected chi connectivity index (χ3v) is 4.46. The van der Waals surface area contributed by atoms with Gasteiger partial charge in [0, 0.05) is 12.6 Å². The zero-order valence-corrected chi connectivity index (χ0v) is 11.7. The van der Waals surface area contributed by atoms with Gasteiger partial charge in [-0.25, -0.2) is 0 Å². The van der Waals surface area contributed by atoms with E-state index in [-0.39, 0.29) is 18.3 Å². The molecule has 2 N–H and O–H groups in total. The van der Waals surface area contributed by atoms with Crippen molar-refractivity contribution in [2.45, 2.75) is 43.8 Å². The number of rotatable bonds is 3. The van der Waals surface area contributed by atoms with E-state index in [0.29, 0.717) is 6.04 Å². The summed E-state index contributed by atoms with van der Waals surface area (Å²) < 4.78 is 0. The summed E-state index contributed by atoms with van der Waals surface area (Å²) in [6.07, 6.45) is 6.14. The van der Waals surface area contributed by atoms with Crippen LogP contribution in [0.3, 0.4) is 0 Å². The number of primary amides is 1. The minimum Gasteiger partial charge on any atom is -0.368 e. The number of amides is 1. The summed E-state index contributed by atoms with van der Waals surface area (Å²) in [5.41, 5.74) is 6.53.